The molecule has 10 heteroatoms. The summed E-state index contributed by atoms with van der Waals surface area (Å²) in [5, 5.41) is 0. The molecule has 0 aliphatic carbocycles. The van der Waals surface area contributed by atoms with Gasteiger partial charge in [0.25, 0.3) is 0 Å². The van der Waals surface area contributed by atoms with Crippen molar-refractivity contribution in [3.63, 3.8) is 0 Å². The molecule has 3 radical (unpaired) electrons. The van der Waals surface area contributed by atoms with Crippen LogP contribution < -0.4 is 29.4 Å². The first-order valence-electron chi connectivity index (χ1n) is 16.6. The SMILES string of the molecule is COc1cc(C=O)c(C)[c-]c1C.COc1ccc(/C=C\c2cc(OC)c(C)[c-]c2C)cc1.COc1ccc(/C=C\c2cc(OC)c(C)[c-]c2N)cc1.[Y].[Y].[Y]. The second-order valence-corrected chi connectivity index (χ2v) is 11.7. The molecule has 0 spiro atoms. The Labute approximate surface area is 403 Å². The fraction of sp³-hybridized carbons (Fsp3) is 0.222. The van der Waals surface area contributed by atoms with Crippen LogP contribution in [0, 0.1) is 52.8 Å². The van der Waals surface area contributed by atoms with E-state index in [1.54, 1.807) is 41.6 Å². The number of nitrogen functional groups attached to an aromatic ring is 1. The van der Waals surface area contributed by atoms with Gasteiger partial charge in [0, 0.05) is 115 Å². The Morgan fingerprint density at radius 1 is 0.455 bits per heavy atom. The van der Waals surface area contributed by atoms with Crippen LogP contribution in [-0.2, 0) is 98.1 Å². The third-order valence-electron chi connectivity index (χ3n) is 8.15. The summed E-state index contributed by atoms with van der Waals surface area (Å²) in [5.41, 5.74) is 16.3. The summed E-state index contributed by atoms with van der Waals surface area (Å²) in [6.07, 6.45) is 8.91. The van der Waals surface area contributed by atoms with Crippen LogP contribution in [0.25, 0.3) is 24.3 Å². The molecule has 0 amide bonds. The molecule has 0 heterocycles. The molecule has 0 aliphatic heterocycles. The van der Waals surface area contributed by atoms with Crippen LogP contribution in [0.4, 0.5) is 5.69 Å². The number of aldehydes is 1. The van der Waals surface area contributed by atoms with E-state index in [1.165, 1.54) is 0 Å². The Kier molecular flexibility index (Phi) is 25.8. The van der Waals surface area contributed by atoms with E-state index in [1.807, 2.05) is 101 Å². The monoisotopic (exact) mass is 965 g/mol. The Morgan fingerprint density at radius 3 is 1.18 bits per heavy atom. The minimum atomic E-state index is 0. The molecule has 5 aromatic carbocycles. The quantitative estimate of drug-likeness (QED) is 0.0646. The van der Waals surface area contributed by atoms with Crippen molar-refractivity contribution in [2.45, 2.75) is 34.6 Å². The number of rotatable bonds is 10. The van der Waals surface area contributed by atoms with Crippen molar-refractivity contribution >= 4 is 36.3 Å². The van der Waals surface area contributed by atoms with Gasteiger partial charge in [-0.25, -0.2) is 0 Å². The van der Waals surface area contributed by atoms with Crippen molar-refractivity contribution < 1.29 is 127 Å². The van der Waals surface area contributed by atoms with Gasteiger partial charge in [0.2, 0.25) is 0 Å². The van der Waals surface area contributed by atoms with Gasteiger partial charge in [-0.15, -0.1) is 58.2 Å². The fourth-order valence-corrected chi connectivity index (χ4v) is 5.08. The molecule has 281 valence electrons. The molecule has 0 unspecified atom stereocenters. The second-order valence-electron chi connectivity index (χ2n) is 11.7. The van der Waals surface area contributed by atoms with Gasteiger partial charge in [-0.1, -0.05) is 82.3 Å². The molecule has 0 fully saturated rings. The summed E-state index contributed by atoms with van der Waals surface area (Å²) in [6, 6.07) is 30.9. The number of hydrogen-bond acceptors (Lipinski definition) is 7. The third kappa shape index (κ3) is 16.4. The summed E-state index contributed by atoms with van der Waals surface area (Å²) in [6.45, 7) is 9.74. The van der Waals surface area contributed by atoms with Gasteiger partial charge in [0.15, 0.2) is 0 Å². The molecule has 0 saturated heterocycles. The number of nitrogens with two attached hydrogens (primary N) is 1. The molecule has 2 N–H and O–H groups in total. The smallest absolute Gasteiger partial charge is 0.118 e. The fourth-order valence-electron chi connectivity index (χ4n) is 5.08. The van der Waals surface area contributed by atoms with Crippen molar-refractivity contribution in [1.29, 1.82) is 0 Å². The van der Waals surface area contributed by atoms with E-state index >= 15 is 0 Å². The van der Waals surface area contributed by atoms with E-state index in [0.717, 1.165) is 79.4 Å². The number of anilines is 1. The number of methoxy groups -OCH3 is 5. The molecule has 0 saturated carbocycles. The standard InChI is InChI=1S/C18H19O2.C17H18NO2.C10H11O2.3Y/c1-13-11-14(2)18(20-4)12-16(13)8-5-15-6-9-17(19-3)10-7-15;1-12-10-16(18)14(11-17(12)20-3)7-4-13-5-8-15(19-2)9-6-13;1-7-4-8(2)10(12-3)5-9(7)6-11;;;/h5-10,12H,1-4H3;4-9,11H,18H2,1-3H3;5-6H,1-3H3;;;/q3*-1;;;/b8-5-;7-4-;;;;. The number of carbonyl (C=O) groups is 1. The Balaban J connectivity index is 0.000000799. The first-order chi connectivity index (χ1) is 25.0. The van der Waals surface area contributed by atoms with Gasteiger partial charge in [-0.05, 0) is 35.4 Å². The van der Waals surface area contributed by atoms with Gasteiger partial charge in [-0.3, -0.25) is 0 Å². The van der Waals surface area contributed by atoms with Crippen LogP contribution >= 0.6 is 0 Å². The van der Waals surface area contributed by atoms with E-state index in [-0.39, 0.29) is 98.1 Å². The van der Waals surface area contributed by atoms with E-state index in [0.29, 0.717) is 17.0 Å². The van der Waals surface area contributed by atoms with Crippen molar-refractivity contribution in [1.82, 2.24) is 0 Å². The van der Waals surface area contributed by atoms with Gasteiger partial charge in [0.1, 0.15) is 11.5 Å². The maximum absolute atomic E-state index is 10.5. The van der Waals surface area contributed by atoms with E-state index in [9.17, 15) is 4.79 Å². The van der Waals surface area contributed by atoms with Crippen LogP contribution in [0.5, 0.6) is 28.7 Å². The first kappa shape index (κ1) is 52.4. The molecular weight excluding hydrogens is 917 g/mol. The molecule has 5 aromatic rings. The van der Waals surface area contributed by atoms with E-state index in [2.05, 4.69) is 37.3 Å². The number of hydrogen-bond donors (Lipinski definition) is 1. The molecule has 5 rings (SSSR count). The normalized spacial score (nSPS) is 9.93. The maximum Gasteiger partial charge on any atom is 0.118 e. The molecule has 0 aliphatic rings. The van der Waals surface area contributed by atoms with Gasteiger partial charge < -0.3 is 34.2 Å². The average molecular weight is 966 g/mol. The summed E-state index contributed by atoms with van der Waals surface area (Å²) < 4.78 is 26.0. The number of ether oxygens (including phenoxy) is 5. The van der Waals surface area contributed by atoms with Crippen LogP contribution in [0.1, 0.15) is 60.4 Å². The Morgan fingerprint density at radius 2 is 0.800 bits per heavy atom. The summed E-state index contributed by atoms with van der Waals surface area (Å²) >= 11 is 0. The van der Waals surface area contributed by atoms with Crippen molar-refractivity contribution in [2.75, 3.05) is 41.3 Å². The largest absolute Gasteiger partial charge is 0.554 e. The van der Waals surface area contributed by atoms with Crippen LogP contribution in [0.3, 0.4) is 0 Å². The molecule has 0 atom stereocenters. The zero-order chi connectivity index (χ0) is 38.2. The van der Waals surface area contributed by atoms with Crippen molar-refractivity contribution in [3.8, 4) is 28.7 Å². The summed E-state index contributed by atoms with van der Waals surface area (Å²) in [4.78, 5) is 10.5. The van der Waals surface area contributed by atoms with Gasteiger partial charge in [0.05, 0.1) is 41.8 Å². The number of carbonyl (C=O) groups excluding carboxylic acids is 1. The summed E-state index contributed by atoms with van der Waals surface area (Å²) in [7, 11) is 8.23. The Bertz CT molecular complexity index is 1880. The maximum atomic E-state index is 10.5. The Hall–Kier alpha value is -2.64. The van der Waals surface area contributed by atoms with E-state index in [4.69, 9.17) is 29.4 Å². The zero-order valence-corrected chi connectivity index (χ0v) is 42.0. The van der Waals surface area contributed by atoms with Crippen LogP contribution in [0.2, 0.25) is 0 Å². The first-order valence-corrected chi connectivity index (χ1v) is 16.6. The third-order valence-corrected chi connectivity index (χ3v) is 8.15. The minimum absolute atomic E-state index is 0. The number of aryl methyl sites for hydroxylation is 5. The number of benzene rings is 5. The predicted octanol–water partition coefficient (Wildman–Crippen LogP) is 9.77. The topological polar surface area (TPSA) is 89.2 Å². The van der Waals surface area contributed by atoms with Crippen molar-refractivity contribution in [2.24, 2.45) is 0 Å². The second kappa shape index (κ2) is 27.1. The van der Waals surface area contributed by atoms with Crippen LogP contribution in [0.15, 0.2) is 66.7 Å². The summed E-state index contributed by atoms with van der Waals surface area (Å²) in [5.74, 6) is 4.07. The molecule has 55 heavy (non-hydrogen) atoms. The van der Waals surface area contributed by atoms with E-state index < -0.39 is 0 Å². The minimum Gasteiger partial charge on any atom is -0.554 e. The predicted molar refractivity (Wildman–Crippen MR) is 213 cm³/mol. The molecule has 7 nitrogen and oxygen atoms in total. The van der Waals surface area contributed by atoms with Crippen molar-refractivity contribution in [3.05, 3.63) is 141 Å². The molecular formula is C45H48NO6Y3-3. The molecule has 0 aromatic heterocycles. The van der Waals surface area contributed by atoms with Crippen LogP contribution in [-0.4, -0.2) is 41.8 Å². The zero-order valence-electron chi connectivity index (χ0n) is 33.5. The van der Waals surface area contributed by atoms with Gasteiger partial charge in [-0.2, -0.15) is 29.3 Å². The van der Waals surface area contributed by atoms with Gasteiger partial charge >= 0.3 is 0 Å². The molecule has 0 bridgehead atoms. The average Bonchev–Trinajstić information content (AvgIpc) is 3.15.